The van der Waals surface area contributed by atoms with Crippen molar-refractivity contribution in [3.05, 3.63) is 71.6 Å². The van der Waals surface area contributed by atoms with E-state index in [1.165, 1.54) is 0 Å². The summed E-state index contributed by atoms with van der Waals surface area (Å²) in [5.74, 6) is 1.46. The van der Waals surface area contributed by atoms with Gasteiger partial charge in [-0.15, -0.1) is 5.10 Å². The molecule has 7 nitrogen and oxygen atoms in total. The summed E-state index contributed by atoms with van der Waals surface area (Å²) in [6.45, 7) is 3.05. The lowest BCUT2D eigenvalue weighted by atomic mass is 10.0. The minimum absolute atomic E-state index is 0.166. The molecule has 132 valence electrons. The van der Waals surface area contributed by atoms with E-state index in [4.69, 9.17) is 4.74 Å². The lowest BCUT2D eigenvalue weighted by molar-refractivity contribution is 0.0572. The number of ether oxygens (including phenoxy) is 1. The summed E-state index contributed by atoms with van der Waals surface area (Å²) in [5, 5.41) is 7.82. The molecule has 0 spiro atoms. The number of aryl methyl sites for hydroxylation is 1. The Morgan fingerprint density at radius 3 is 2.85 bits per heavy atom. The van der Waals surface area contributed by atoms with Gasteiger partial charge in [0.1, 0.15) is 11.6 Å². The predicted molar refractivity (Wildman–Crippen MR) is 94.6 cm³/mol. The van der Waals surface area contributed by atoms with Crippen molar-refractivity contribution in [3.8, 4) is 5.75 Å². The van der Waals surface area contributed by atoms with Crippen molar-refractivity contribution in [2.24, 2.45) is 0 Å². The van der Waals surface area contributed by atoms with Crippen LogP contribution in [-0.2, 0) is 13.1 Å². The lowest BCUT2D eigenvalue weighted by Crippen LogP contribution is -2.42. The number of rotatable bonds is 3. The van der Waals surface area contributed by atoms with E-state index in [0.29, 0.717) is 18.8 Å². The van der Waals surface area contributed by atoms with E-state index in [1.807, 2.05) is 37.4 Å². The smallest absolute Gasteiger partial charge is 0.275 e. The Balaban J connectivity index is 1.80. The summed E-state index contributed by atoms with van der Waals surface area (Å²) < 4.78 is 7.69. The topological polar surface area (TPSA) is 73.1 Å². The summed E-state index contributed by atoms with van der Waals surface area (Å²) in [6.07, 6.45) is 3.39. The quantitative estimate of drug-likeness (QED) is 0.726. The van der Waals surface area contributed by atoms with Crippen molar-refractivity contribution in [2.45, 2.75) is 26.1 Å². The third-order valence-electron chi connectivity index (χ3n) is 4.73. The van der Waals surface area contributed by atoms with Gasteiger partial charge >= 0.3 is 0 Å². The minimum atomic E-state index is -0.180. The van der Waals surface area contributed by atoms with Crippen molar-refractivity contribution in [1.82, 2.24) is 24.6 Å². The Morgan fingerprint density at radius 1 is 1.23 bits per heavy atom. The Bertz CT molecular complexity index is 938. The van der Waals surface area contributed by atoms with Crippen LogP contribution in [0.5, 0.6) is 5.75 Å². The molecular formula is C19H19N5O2. The van der Waals surface area contributed by atoms with Gasteiger partial charge in [-0.1, -0.05) is 18.2 Å². The van der Waals surface area contributed by atoms with Gasteiger partial charge in [-0.3, -0.25) is 4.79 Å². The van der Waals surface area contributed by atoms with E-state index in [1.54, 1.807) is 30.3 Å². The number of para-hydroxylation sites is 1. The molecule has 0 N–H and O–H groups in total. The van der Waals surface area contributed by atoms with Gasteiger partial charge < -0.3 is 14.2 Å². The van der Waals surface area contributed by atoms with Gasteiger partial charge in [-0.25, -0.2) is 4.98 Å². The Morgan fingerprint density at radius 2 is 2.08 bits per heavy atom. The van der Waals surface area contributed by atoms with E-state index >= 15 is 0 Å². The maximum atomic E-state index is 13.1. The molecule has 0 unspecified atom stereocenters. The third-order valence-corrected chi connectivity index (χ3v) is 4.73. The first kappa shape index (κ1) is 16.3. The summed E-state index contributed by atoms with van der Waals surface area (Å²) in [4.78, 5) is 19.4. The van der Waals surface area contributed by atoms with Crippen molar-refractivity contribution in [2.75, 3.05) is 7.11 Å². The first-order valence-electron chi connectivity index (χ1n) is 8.41. The maximum Gasteiger partial charge on any atom is 0.275 e. The lowest BCUT2D eigenvalue weighted by Gasteiger charge is -2.37. The number of aromatic nitrogens is 4. The number of carbonyl (C=O) groups excluding carboxylic acids is 1. The molecule has 1 atom stereocenters. The number of hydrogen-bond donors (Lipinski definition) is 0. The third kappa shape index (κ3) is 2.71. The zero-order chi connectivity index (χ0) is 18.1. The number of carbonyl (C=O) groups is 1. The Hall–Kier alpha value is -3.22. The molecule has 1 aliphatic rings. The van der Waals surface area contributed by atoms with Crippen LogP contribution >= 0.6 is 0 Å². The fourth-order valence-corrected chi connectivity index (χ4v) is 3.40. The van der Waals surface area contributed by atoms with Crippen LogP contribution in [0.15, 0.2) is 48.8 Å². The van der Waals surface area contributed by atoms with E-state index in [2.05, 4.69) is 19.7 Å². The van der Waals surface area contributed by atoms with Crippen LogP contribution < -0.4 is 4.74 Å². The Labute approximate surface area is 151 Å². The molecule has 0 fully saturated rings. The number of nitrogens with zero attached hydrogens (tertiary/aromatic N) is 5. The second-order valence-electron chi connectivity index (χ2n) is 6.23. The molecule has 0 bridgehead atoms. The molecule has 0 aliphatic carbocycles. The predicted octanol–water partition coefficient (Wildman–Crippen LogP) is 2.39. The van der Waals surface area contributed by atoms with Gasteiger partial charge in [-0.2, -0.15) is 5.10 Å². The molecule has 26 heavy (non-hydrogen) atoms. The summed E-state index contributed by atoms with van der Waals surface area (Å²) in [7, 11) is 1.64. The van der Waals surface area contributed by atoms with E-state index < -0.39 is 0 Å². The highest BCUT2D eigenvalue weighted by molar-refractivity contribution is 5.92. The van der Waals surface area contributed by atoms with Gasteiger partial charge in [0.15, 0.2) is 5.69 Å². The van der Waals surface area contributed by atoms with Crippen LogP contribution in [0.3, 0.4) is 0 Å². The fourth-order valence-electron chi connectivity index (χ4n) is 3.40. The summed E-state index contributed by atoms with van der Waals surface area (Å²) in [5.41, 5.74) is 2.36. The molecule has 1 aromatic carbocycles. The van der Waals surface area contributed by atoms with Crippen LogP contribution in [0.4, 0.5) is 0 Å². The van der Waals surface area contributed by atoms with Gasteiger partial charge in [-0.05, 0) is 25.1 Å². The molecule has 2 aromatic heterocycles. The van der Waals surface area contributed by atoms with Gasteiger partial charge in [0.05, 0.1) is 19.7 Å². The molecular weight excluding hydrogens is 330 g/mol. The standard InChI is InChI=1S/C19H19N5O2/c1-13-10-20-18-12-24(19(25)15-7-5-9-21-22-15)16(11-23(13)18)14-6-3-4-8-17(14)26-2/h3-10,16H,11-12H2,1-2H3/t16-/m0/s1. The first-order chi connectivity index (χ1) is 12.7. The molecule has 1 aliphatic heterocycles. The zero-order valence-corrected chi connectivity index (χ0v) is 14.7. The molecule has 1 amide bonds. The van der Waals surface area contributed by atoms with Gasteiger partial charge in [0, 0.05) is 30.2 Å². The average Bonchev–Trinajstić information content (AvgIpc) is 3.07. The van der Waals surface area contributed by atoms with E-state index in [-0.39, 0.29) is 11.9 Å². The van der Waals surface area contributed by atoms with Crippen molar-refractivity contribution in [1.29, 1.82) is 0 Å². The van der Waals surface area contributed by atoms with Crippen LogP contribution in [-0.4, -0.2) is 37.7 Å². The van der Waals surface area contributed by atoms with Crippen molar-refractivity contribution in [3.63, 3.8) is 0 Å². The molecule has 0 saturated carbocycles. The number of imidazole rings is 1. The fraction of sp³-hybridized carbons (Fsp3) is 0.263. The number of hydrogen-bond acceptors (Lipinski definition) is 5. The summed E-state index contributed by atoms with van der Waals surface area (Å²) in [6, 6.07) is 11.0. The maximum absolute atomic E-state index is 13.1. The number of amides is 1. The van der Waals surface area contributed by atoms with Gasteiger partial charge in [0.2, 0.25) is 0 Å². The molecule has 4 rings (SSSR count). The first-order valence-corrected chi connectivity index (χ1v) is 8.41. The highest BCUT2D eigenvalue weighted by Crippen LogP contribution is 2.35. The highest BCUT2D eigenvalue weighted by Gasteiger charge is 2.34. The van der Waals surface area contributed by atoms with Crippen LogP contribution in [0.2, 0.25) is 0 Å². The van der Waals surface area contributed by atoms with Crippen molar-refractivity contribution >= 4 is 5.91 Å². The molecule has 3 aromatic rings. The molecule has 3 heterocycles. The highest BCUT2D eigenvalue weighted by atomic mass is 16.5. The number of methoxy groups -OCH3 is 1. The normalized spacial score (nSPS) is 16.2. The largest absolute Gasteiger partial charge is 0.496 e. The number of benzene rings is 1. The van der Waals surface area contributed by atoms with Crippen molar-refractivity contribution < 1.29 is 9.53 Å². The van der Waals surface area contributed by atoms with Crippen LogP contribution in [0, 0.1) is 6.92 Å². The average molecular weight is 349 g/mol. The SMILES string of the molecule is COc1ccccc1[C@@H]1Cn2c(C)cnc2CN1C(=O)c1cccnn1. The number of fused-ring (bicyclic) bond motifs is 1. The molecule has 0 saturated heterocycles. The van der Waals surface area contributed by atoms with Crippen LogP contribution in [0.1, 0.15) is 33.6 Å². The second kappa shape index (κ2) is 6.59. The second-order valence-corrected chi connectivity index (χ2v) is 6.23. The zero-order valence-electron chi connectivity index (χ0n) is 14.7. The minimum Gasteiger partial charge on any atom is -0.496 e. The summed E-state index contributed by atoms with van der Waals surface area (Å²) >= 11 is 0. The van der Waals surface area contributed by atoms with Crippen LogP contribution in [0.25, 0.3) is 0 Å². The Kier molecular flexibility index (Phi) is 4.12. The molecule has 7 heteroatoms. The monoisotopic (exact) mass is 349 g/mol. The van der Waals surface area contributed by atoms with E-state index in [9.17, 15) is 4.79 Å². The van der Waals surface area contributed by atoms with E-state index in [0.717, 1.165) is 22.8 Å². The van der Waals surface area contributed by atoms with Gasteiger partial charge in [0.25, 0.3) is 5.91 Å². The molecule has 0 radical (unpaired) electrons.